The summed E-state index contributed by atoms with van der Waals surface area (Å²) in [4.78, 5) is 43.2. The molecule has 1 aromatic carbocycles. The number of methoxy groups -OCH3 is 1. The number of carbonyl (C=O) groups is 1. The lowest BCUT2D eigenvalue weighted by atomic mass is 10.1. The van der Waals surface area contributed by atoms with Gasteiger partial charge in [-0.05, 0) is 30.2 Å². The Morgan fingerprint density at radius 1 is 1.24 bits per heavy atom. The minimum atomic E-state index is -1.25. The van der Waals surface area contributed by atoms with E-state index in [2.05, 4.69) is 11.9 Å². The molecule has 1 N–H and O–H groups in total. The monoisotopic (exact) mass is 399 g/mol. The topological polar surface area (TPSA) is 112 Å². The first kappa shape index (κ1) is 18.8. The summed E-state index contributed by atoms with van der Waals surface area (Å²) in [6, 6.07) is 7.50. The molecule has 1 atom stereocenters. The summed E-state index contributed by atoms with van der Waals surface area (Å²) >= 11 is 0. The molecule has 3 aromatic rings. The van der Waals surface area contributed by atoms with Crippen LogP contribution >= 0.6 is 0 Å². The molecule has 0 bridgehead atoms. The second-order valence-electron chi connectivity index (χ2n) is 7.24. The van der Waals surface area contributed by atoms with Gasteiger partial charge in [0.1, 0.15) is 12.3 Å². The predicted molar refractivity (Wildman–Crippen MR) is 106 cm³/mol. The lowest BCUT2D eigenvalue weighted by Crippen LogP contribution is -2.41. The van der Waals surface area contributed by atoms with Crippen molar-refractivity contribution in [3.05, 3.63) is 45.1 Å². The highest BCUT2D eigenvalue weighted by Gasteiger charge is 2.30. The Balaban J connectivity index is 1.96. The van der Waals surface area contributed by atoms with E-state index in [1.165, 1.54) is 11.6 Å². The summed E-state index contributed by atoms with van der Waals surface area (Å²) in [6.45, 7) is 2.59. The SMILES string of the molecule is COc1ccc(N2C[C@H](C)Cn3c2nc2c3c(=O)n(CC(=O)O)c(=O)n2C)cc1. The number of fused-ring (bicyclic) bond motifs is 3. The third-order valence-electron chi connectivity index (χ3n) is 5.12. The Morgan fingerprint density at radius 3 is 2.55 bits per heavy atom. The molecule has 3 heterocycles. The van der Waals surface area contributed by atoms with Crippen LogP contribution in [0.2, 0.25) is 0 Å². The number of rotatable bonds is 4. The van der Waals surface area contributed by atoms with Gasteiger partial charge in [0.15, 0.2) is 11.2 Å². The van der Waals surface area contributed by atoms with Crippen LogP contribution in [0.5, 0.6) is 5.75 Å². The Hall–Kier alpha value is -3.56. The van der Waals surface area contributed by atoms with Crippen molar-refractivity contribution in [1.29, 1.82) is 0 Å². The molecule has 152 valence electrons. The quantitative estimate of drug-likeness (QED) is 0.690. The van der Waals surface area contributed by atoms with E-state index in [0.29, 0.717) is 19.0 Å². The van der Waals surface area contributed by atoms with Crippen LogP contribution in [-0.4, -0.2) is 43.4 Å². The zero-order valence-electron chi connectivity index (χ0n) is 16.3. The molecular weight excluding hydrogens is 378 g/mol. The largest absolute Gasteiger partial charge is 0.497 e. The lowest BCUT2D eigenvalue weighted by molar-refractivity contribution is -0.137. The summed E-state index contributed by atoms with van der Waals surface area (Å²) in [7, 11) is 3.09. The first-order chi connectivity index (χ1) is 13.8. The maximum Gasteiger partial charge on any atom is 0.333 e. The minimum Gasteiger partial charge on any atom is -0.497 e. The van der Waals surface area contributed by atoms with E-state index in [1.54, 1.807) is 11.7 Å². The number of benzene rings is 1. The summed E-state index contributed by atoms with van der Waals surface area (Å²) < 4.78 is 8.94. The van der Waals surface area contributed by atoms with E-state index in [9.17, 15) is 14.4 Å². The number of carboxylic acid groups (broad SMARTS) is 1. The molecule has 1 aliphatic rings. The van der Waals surface area contributed by atoms with Crippen LogP contribution in [0, 0.1) is 5.92 Å². The first-order valence-corrected chi connectivity index (χ1v) is 9.15. The number of hydrogen-bond donors (Lipinski definition) is 1. The van der Waals surface area contributed by atoms with Crippen LogP contribution in [0.25, 0.3) is 11.2 Å². The molecule has 0 radical (unpaired) electrons. The van der Waals surface area contributed by atoms with Gasteiger partial charge in [-0.1, -0.05) is 6.92 Å². The third kappa shape index (κ3) is 2.96. The van der Waals surface area contributed by atoms with E-state index in [0.717, 1.165) is 16.0 Å². The number of aromatic nitrogens is 4. The molecule has 4 rings (SSSR count). The van der Waals surface area contributed by atoms with Crippen molar-refractivity contribution < 1.29 is 14.6 Å². The van der Waals surface area contributed by atoms with Crippen molar-refractivity contribution in [2.45, 2.75) is 20.0 Å². The molecule has 0 spiro atoms. The molecule has 0 saturated heterocycles. The highest BCUT2D eigenvalue weighted by molar-refractivity contribution is 5.77. The normalized spacial score (nSPS) is 16.1. The van der Waals surface area contributed by atoms with Gasteiger partial charge in [-0.15, -0.1) is 0 Å². The maximum absolute atomic E-state index is 13.0. The Morgan fingerprint density at radius 2 is 1.93 bits per heavy atom. The van der Waals surface area contributed by atoms with E-state index in [-0.39, 0.29) is 17.1 Å². The maximum atomic E-state index is 13.0. The van der Waals surface area contributed by atoms with Crippen molar-refractivity contribution >= 4 is 28.8 Å². The molecule has 0 saturated carbocycles. The fraction of sp³-hybridized carbons (Fsp3) is 0.368. The van der Waals surface area contributed by atoms with Gasteiger partial charge in [-0.2, -0.15) is 4.98 Å². The van der Waals surface area contributed by atoms with Crippen LogP contribution in [-0.2, 0) is 24.9 Å². The van der Waals surface area contributed by atoms with Gasteiger partial charge in [0.25, 0.3) is 5.56 Å². The van der Waals surface area contributed by atoms with Crippen LogP contribution in [0.3, 0.4) is 0 Å². The minimum absolute atomic E-state index is 0.201. The van der Waals surface area contributed by atoms with E-state index in [4.69, 9.17) is 9.84 Å². The molecule has 10 heteroatoms. The number of carboxylic acids is 1. The number of nitrogens with zero attached hydrogens (tertiary/aromatic N) is 5. The fourth-order valence-corrected chi connectivity index (χ4v) is 3.76. The van der Waals surface area contributed by atoms with Crippen molar-refractivity contribution in [1.82, 2.24) is 18.7 Å². The van der Waals surface area contributed by atoms with Crippen LogP contribution < -0.4 is 20.9 Å². The van der Waals surface area contributed by atoms with Gasteiger partial charge < -0.3 is 19.3 Å². The van der Waals surface area contributed by atoms with E-state index >= 15 is 0 Å². The summed E-state index contributed by atoms with van der Waals surface area (Å²) in [5, 5.41) is 9.09. The average molecular weight is 399 g/mol. The summed E-state index contributed by atoms with van der Waals surface area (Å²) in [5.41, 5.74) is -0.000136. The predicted octanol–water partition coefficient (Wildman–Crippen LogP) is 0.778. The zero-order valence-corrected chi connectivity index (χ0v) is 16.3. The molecule has 0 aliphatic carbocycles. The van der Waals surface area contributed by atoms with Crippen molar-refractivity contribution in [3.63, 3.8) is 0 Å². The van der Waals surface area contributed by atoms with Gasteiger partial charge in [0.05, 0.1) is 7.11 Å². The Kier molecular flexibility index (Phi) is 4.40. The van der Waals surface area contributed by atoms with Crippen molar-refractivity contribution in [2.75, 3.05) is 18.6 Å². The summed E-state index contributed by atoms with van der Waals surface area (Å²) in [5.74, 6) is 0.219. The number of anilines is 2. The third-order valence-corrected chi connectivity index (χ3v) is 5.12. The number of ether oxygens (including phenoxy) is 1. The van der Waals surface area contributed by atoms with Gasteiger partial charge in [0, 0.05) is 25.8 Å². The second-order valence-corrected chi connectivity index (χ2v) is 7.24. The van der Waals surface area contributed by atoms with Gasteiger partial charge in [0.2, 0.25) is 5.95 Å². The molecule has 29 heavy (non-hydrogen) atoms. The molecule has 0 amide bonds. The fourth-order valence-electron chi connectivity index (χ4n) is 3.76. The van der Waals surface area contributed by atoms with E-state index < -0.39 is 23.8 Å². The molecular formula is C19H21N5O5. The second kappa shape index (κ2) is 6.80. The highest BCUT2D eigenvalue weighted by atomic mass is 16.5. The van der Waals surface area contributed by atoms with Crippen molar-refractivity contribution in [3.8, 4) is 5.75 Å². The van der Waals surface area contributed by atoms with Crippen LogP contribution in [0.1, 0.15) is 6.92 Å². The molecule has 1 aliphatic heterocycles. The average Bonchev–Trinajstić information content (AvgIpc) is 3.08. The zero-order chi connectivity index (χ0) is 20.9. The van der Waals surface area contributed by atoms with Crippen LogP contribution in [0.4, 0.5) is 11.6 Å². The van der Waals surface area contributed by atoms with Gasteiger partial charge >= 0.3 is 11.7 Å². The molecule has 10 nitrogen and oxygen atoms in total. The van der Waals surface area contributed by atoms with Gasteiger partial charge in [-0.3, -0.25) is 14.2 Å². The molecule has 2 aromatic heterocycles. The number of imidazole rings is 1. The molecule has 0 fully saturated rings. The number of aryl methyl sites for hydroxylation is 1. The molecule has 0 unspecified atom stereocenters. The highest BCUT2D eigenvalue weighted by Crippen LogP contribution is 2.33. The lowest BCUT2D eigenvalue weighted by Gasteiger charge is -2.33. The van der Waals surface area contributed by atoms with Gasteiger partial charge in [-0.25, -0.2) is 9.36 Å². The number of hydrogen-bond acceptors (Lipinski definition) is 6. The van der Waals surface area contributed by atoms with Crippen LogP contribution in [0.15, 0.2) is 33.9 Å². The Labute approximate surface area is 165 Å². The van der Waals surface area contributed by atoms with E-state index in [1.807, 2.05) is 29.2 Å². The van der Waals surface area contributed by atoms with Crippen molar-refractivity contribution in [2.24, 2.45) is 13.0 Å². The first-order valence-electron chi connectivity index (χ1n) is 9.15. The summed E-state index contributed by atoms with van der Waals surface area (Å²) in [6.07, 6.45) is 0. The smallest absolute Gasteiger partial charge is 0.333 e. The Bertz CT molecular complexity index is 1220. The standard InChI is InChI=1S/C19H21N5O5/c1-11-8-22(12-4-6-13(29-3)7-5-12)18-20-16-15(23(18)9-11)17(27)24(10-14(25)26)19(28)21(16)2/h4-7,11H,8-10H2,1-3H3,(H,25,26)/t11-/m0/s1. The number of aliphatic carboxylic acids is 1.